The molecule has 1 aliphatic rings. The second-order valence-electron chi connectivity index (χ2n) is 10.1. The molecule has 0 fully saturated rings. The van der Waals surface area contributed by atoms with E-state index in [0.717, 1.165) is 31.8 Å². The monoisotopic (exact) mass is 613 g/mol. The van der Waals surface area contributed by atoms with E-state index >= 15 is 0 Å². The maximum Gasteiger partial charge on any atom is 0.410 e. The lowest BCUT2D eigenvalue weighted by atomic mass is 9.92. The second kappa shape index (κ2) is 12.7. The van der Waals surface area contributed by atoms with Crippen LogP contribution in [0.2, 0.25) is 0 Å². The Morgan fingerprint density at radius 1 is 1.02 bits per heavy atom. The van der Waals surface area contributed by atoms with E-state index in [4.69, 9.17) is 23.9 Å². The molecule has 12 heteroatoms. The summed E-state index contributed by atoms with van der Waals surface area (Å²) in [6.45, 7) is 3.18. The maximum absolute atomic E-state index is 13.7. The number of pyridine rings is 1. The van der Waals surface area contributed by atoms with Gasteiger partial charge in [0.05, 0.1) is 45.2 Å². The van der Waals surface area contributed by atoms with E-state index in [1.165, 1.54) is 6.33 Å². The third kappa shape index (κ3) is 5.68. The summed E-state index contributed by atoms with van der Waals surface area (Å²) in [6.07, 6.45) is 3.26. The van der Waals surface area contributed by atoms with E-state index in [-0.39, 0.29) is 19.8 Å². The van der Waals surface area contributed by atoms with Crippen LogP contribution in [0.3, 0.4) is 0 Å². The molecule has 11 nitrogen and oxygen atoms in total. The summed E-state index contributed by atoms with van der Waals surface area (Å²) in [5.74, 6) is 0.566. The Hall–Kier alpha value is -4.97. The van der Waals surface area contributed by atoms with E-state index in [1.807, 2.05) is 42.5 Å². The molecular formula is C32H31N5O6S. The van der Waals surface area contributed by atoms with Crippen molar-refractivity contribution in [2.45, 2.75) is 33.0 Å². The van der Waals surface area contributed by atoms with Gasteiger partial charge in [0.15, 0.2) is 11.5 Å². The Labute approximate surface area is 258 Å². The highest BCUT2D eigenvalue weighted by molar-refractivity contribution is 7.19. The van der Waals surface area contributed by atoms with Crippen molar-refractivity contribution in [2.75, 3.05) is 27.4 Å². The molecule has 1 aliphatic heterocycles. The van der Waals surface area contributed by atoms with Gasteiger partial charge in [0.1, 0.15) is 24.1 Å². The van der Waals surface area contributed by atoms with E-state index < -0.39 is 12.1 Å². The molecule has 1 amide bonds. The van der Waals surface area contributed by atoms with Gasteiger partial charge in [0.25, 0.3) is 0 Å². The molecule has 6 rings (SSSR count). The van der Waals surface area contributed by atoms with Crippen LogP contribution in [0.4, 0.5) is 4.79 Å². The van der Waals surface area contributed by atoms with Crippen LogP contribution in [0.25, 0.3) is 21.3 Å². The van der Waals surface area contributed by atoms with Gasteiger partial charge >= 0.3 is 12.1 Å². The number of rotatable bonds is 9. The second-order valence-corrected chi connectivity index (χ2v) is 11.2. The molecule has 44 heavy (non-hydrogen) atoms. The Balaban J connectivity index is 1.50. The first-order chi connectivity index (χ1) is 21.5. The lowest BCUT2D eigenvalue weighted by Gasteiger charge is -2.27. The Morgan fingerprint density at radius 3 is 2.57 bits per heavy atom. The molecule has 3 aromatic heterocycles. The number of nitrogens with zero attached hydrogens (tertiary/aromatic N) is 5. The average molecular weight is 614 g/mol. The number of hydrogen-bond acceptors (Lipinski definition) is 10. The fraction of sp³-hybridized carbons (Fsp3) is 0.281. The standard InChI is InChI=1S/C32H31N5O6S/c1-4-42-31(38)29-23(16-37-19-33-18-34-37)35-30-28(27(29)21-10-11-24(40-2)25(14-21)41-3)22-15-36(13-12-26(22)44-30)32(39)43-17-20-8-6-5-7-9-20/h5-11,14,18-19H,4,12-13,15-17H2,1-3H3. The largest absolute Gasteiger partial charge is 0.493 e. The predicted molar refractivity (Wildman–Crippen MR) is 164 cm³/mol. The minimum Gasteiger partial charge on any atom is -0.493 e. The zero-order chi connectivity index (χ0) is 30.6. The van der Waals surface area contributed by atoms with Gasteiger partial charge < -0.3 is 23.8 Å². The zero-order valence-electron chi connectivity index (χ0n) is 24.6. The van der Waals surface area contributed by atoms with Gasteiger partial charge in [-0.2, -0.15) is 5.10 Å². The lowest BCUT2D eigenvalue weighted by Crippen LogP contribution is -2.35. The summed E-state index contributed by atoms with van der Waals surface area (Å²) in [6, 6.07) is 15.1. The highest BCUT2D eigenvalue weighted by atomic mass is 32.1. The molecule has 2 aromatic carbocycles. The quantitative estimate of drug-likeness (QED) is 0.199. The fourth-order valence-electron chi connectivity index (χ4n) is 5.41. The van der Waals surface area contributed by atoms with Crippen LogP contribution < -0.4 is 9.47 Å². The van der Waals surface area contributed by atoms with Crippen LogP contribution >= 0.6 is 11.3 Å². The van der Waals surface area contributed by atoms with Gasteiger partial charge in [0, 0.05) is 22.4 Å². The number of benzene rings is 2. The highest BCUT2D eigenvalue weighted by Crippen LogP contribution is 2.44. The molecule has 0 unspecified atom stereocenters. The van der Waals surface area contributed by atoms with Crippen molar-refractivity contribution < 1.29 is 28.5 Å². The minimum absolute atomic E-state index is 0.185. The normalized spacial score (nSPS) is 12.6. The molecule has 0 bridgehead atoms. The molecule has 4 heterocycles. The van der Waals surface area contributed by atoms with Gasteiger partial charge in [-0.25, -0.2) is 24.2 Å². The minimum atomic E-state index is -0.503. The van der Waals surface area contributed by atoms with Crippen molar-refractivity contribution in [3.8, 4) is 22.6 Å². The van der Waals surface area contributed by atoms with Crippen LogP contribution in [-0.4, -0.2) is 64.1 Å². The Bertz CT molecular complexity index is 1810. The van der Waals surface area contributed by atoms with Gasteiger partial charge in [0.2, 0.25) is 0 Å². The first kappa shape index (κ1) is 29.1. The number of methoxy groups -OCH3 is 2. The summed E-state index contributed by atoms with van der Waals surface area (Å²) in [4.78, 5) is 39.6. The van der Waals surface area contributed by atoms with Crippen LogP contribution in [0.1, 0.15) is 39.0 Å². The molecule has 5 aromatic rings. The third-order valence-electron chi connectivity index (χ3n) is 7.45. The number of esters is 1. The lowest BCUT2D eigenvalue weighted by molar-refractivity contribution is 0.0525. The van der Waals surface area contributed by atoms with Crippen LogP contribution in [0, 0.1) is 0 Å². The van der Waals surface area contributed by atoms with Crippen molar-refractivity contribution in [1.82, 2.24) is 24.6 Å². The van der Waals surface area contributed by atoms with Gasteiger partial charge in [-0.05, 0) is 42.2 Å². The topological polar surface area (TPSA) is 118 Å². The van der Waals surface area contributed by atoms with Gasteiger partial charge in [-0.15, -0.1) is 11.3 Å². The summed E-state index contributed by atoms with van der Waals surface area (Å²) in [7, 11) is 3.14. The number of thiophene rings is 1. The van der Waals surface area contributed by atoms with Crippen molar-refractivity contribution in [2.24, 2.45) is 0 Å². The molecule has 0 atom stereocenters. The highest BCUT2D eigenvalue weighted by Gasteiger charge is 2.32. The number of fused-ring (bicyclic) bond motifs is 3. The molecule has 0 N–H and O–H groups in total. The molecule has 226 valence electrons. The molecule has 0 saturated heterocycles. The first-order valence-electron chi connectivity index (χ1n) is 14.1. The van der Waals surface area contributed by atoms with Crippen molar-refractivity contribution in [1.29, 1.82) is 0 Å². The van der Waals surface area contributed by atoms with E-state index in [2.05, 4.69) is 10.1 Å². The summed E-state index contributed by atoms with van der Waals surface area (Å²) >= 11 is 1.57. The van der Waals surface area contributed by atoms with Crippen LogP contribution in [-0.2, 0) is 35.6 Å². The van der Waals surface area contributed by atoms with E-state index in [1.54, 1.807) is 54.5 Å². The summed E-state index contributed by atoms with van der Waals surface area (Å²) < 4.78 is 24.0. The molecule has 0 saturated carbocycles. The van der Waals surface area contributed by atoms with Gasteiger partial charge in [-0.3, -0.25) is 0 Å². The average Bonchev–Trinajstić information content (AvgIpc) is 3.70. The number of carbonyl (C=O) groups is 2. The Morgan fingerprint density at radius 2 is 1.84 bits per heavy atom. The van der Waals surface area contributed by atoms with Crippen LogP contribution in [0.5, 0.6) is 11.5 Å². The zero-order valence-corrected chi connectivity index (χ0v) is 25.4. The number of carbonyl (C=O) groups excluding carboxylic acids is 2. The first-order valence-corrected chi connectivity index (χ1v) is 15.0. The van der Waals surface area contributed by atoms with E-state index in [9.17, 15) is 9.59 Å². The fourth-order valence-corrected chi connectivity index (χ4v) is 6.61. The maximum atomic E-state index is 13.7. The number of ether oxygens (including phenoxy) is 4. The Kier molecular flexibility index (Phi) is 8.42. The number of amides is 1. The predicted octanol–water partition coefficient (Wildman–Crippen LogP) is 5.49. The summed E-state index contributed by atoms with van der Waals surface area (Å²) in [5, 5.41) is 5.04. The van der Waals surface area contributed by atoms with E-state index in [0.29, 0.717) is 47.8 Å². The van der Waals surface area contributed by atoms with Gasteiger partial charge in [-0.1, -0.05) is 36.4 Å². The number of aromatic nitrogens is 4. The molecule has 0 aliphatic carbocycles. The molecular weight excluding hydrogens is 582 g/mol. The number of hydrogen-bond donors (Lipinski definition) is 0. The van der Waals surface area contributed by atoms with Crippen molar-refractivity contribution >= 4 is 33.6 Å². The molecule has 0 radical (unpaired) electrons. The SMILES string of the molecule is CCOC(=O)c1c(Cn2cncn2)nc2sc3c(c2c1-c1ccc(OC)c(OC)c1)CN(C(=O)OCc1ccccc1)CC3. The summed E-state index contributed by atoms with van der Waals surface area (Å²) in [5.41, 5.74) is 4.06. The smallest absolute Gasteiger partial charge is 0.410 e. The molecule has 0 spiro atoms. The third-order valence-corrected chi connectivity index (χ3v) is 8.63. The van der Waals surface area contributed by atoms with Crippen molar-refractivity contribution in [3.63, 3.8) is 0 Å². The van der Waals surface area contributed by atoms with Crippen molar-refractivity contribution in [3.05, 3.63) is 88.4 Å². The van der Waals surface area contributed by atoms with Crippen LogP contribution in [0.15, 0.2) is 61.2 Å².